The van der Waals surface area contributed by atoms with Gasteiger partial charge in [0.2, 0.25) is 0 Å². The van der Waals surface area contributed by atoms with E-state index in [0.29, 0.717) is 17.1 Å². The van der Waals surface area contributed by atoms with Crippen molar-refractivity contribution >= 4 is 23.1 Å². The Balaban J connectivity index is 1.89. The number of amides is 1. The van der Waals surface area contributed by atoms with Gasteiger partial charge in [-0.3, -0.25) is 19.7 Å². The monoisotopic (exact) mass is 434 g/mol. The fourth-order valence-corrected chi connectivity index (χ4v) is 3.69. The Bertz CT molecular complexity index is 1230. The number of benzene rings is 2. The lowest BCUT2D eigenvalue weighted by molar-refractivity contribution is -0.384. The van der Waals surface area contributed by atoms with Crippen LogP contribution in [0.2, 0.25) is 0 Å². The van der Waals surface area contributed by atoms with Crippen LogP contribution in [0, 0.1) is 10.1 Å². The molecule has 1 fully saturated rings. The number of nitrogens with zero attached hydrogens (tertiary/aromatic N) is 2. The predicted octanol–water partition coefficient (Wildman–Crippen LogP) is 3.82. The summed E-state index contributed by atoms with van der Waals surface area (Å²) in [6, 6.07) is 14.4. The summed E-state index contributed by atoms with van der Waals surface area (Å²) in [4.78, 5) is 37.8. The number of carbonyl (C=O) groups is 2. The smallest absolute Gasteiger partial charge is 0.296 e. The van der Waals surface area contributed by atoms with E-state index in [9.17, 15) is 24.8 Å². The van der Waals surface area contributed by atoms with Gasteiger partial charge in [-0.25, -0.2) is 0 Å². The molecule has 9 heteroatoms. The van der Waals surface area contributed by atoms with E-state index in [1.165, 1.54) is 36.5 Å². The Hall–Kier alpha value is -4.40. The van der Waals surface area contributed by atoms with Crippen molar-refractivity contribution in [2.45, 2.75) is 12.6 Å². The Morgan fingerprint density at radius 2 is 1.94 bits per heavy atom. The first-order chi connectivity index (χ1) is 15.4. The summed E-state index contributed by atoms with van der Waals surface area (Å²) in [6.45, 7) is -0.00876. The van der Waals surface area contributed by atoms with E-state index in [1.54, 1.807) is 36.4 Å². The Kier molecular flexibility index (Phi) is 5.46. The number of carbonyl (C=O) groups excluding carboxylic acids is 2. The predicted molar refractivity (Wildman–Crippen MR) is 113 cm³/mol. The molecule has 4 rings (SSSR count). The van der Waals surface area contributed by atoms with Gasteiger partial charge in [-0.15, -0.1) is 0 Å². The van der Waals surface area contributed by atoms with Crippen molar-refractivity contribution in [3.05, 3.63) is 99.5 Å². The number of aliphatic hydroxyl groups is 1. The van der Waals surface area contributed by atoms with E-state index < -0.39 is 28.4 Å². The van der Waals surface area contributed by atoms with E-state index in [2.05, 4.69) is 0 Å². The fraction of sp³-hybridized carbons (Fsp3) is 0.130. The highest BCUT2D eigenvalue weighted by Crippen LogP contribution is 2.41. The van der Waals surface area contributed by atoms with Crippen molar-refractivity contribution in [2.75, 3.05) is 7.11 Å². The lowest BCUT2D eigenvalue weighted by Gasteiger charge is -2.24. The number of nitro benzene ring substituents is 1. The minimum atomic E-state index is -0.950. The normalized spacial score (nSPS) is 17.5. The molecule has 2 heterocycles. The van der Waals surface area contributed by atoms with Crippen LogP contribution in [0.25, 0.3) is 5.76 Å². The Morgan fingerprint density at radius 1 is 1.16 bits per heavy atom. The third-order valence-electron chi connectivity index (χ3n) is 5.19. The Labute approximate surface area is 182 Å². The molecule has 1 amide bonds. The fourth-order valence-electron chi connectivity index (χ4n) is 3.69. The molecule has 2 aromatic carbocycles. The van der Waals surface area contributed by atoms with Crippen LogP contribution in [0.15, 0.2) is 76.9 Å². The summed E-state index contributed by atoms with van der Waals surface area (Å²) < 4.78 is 10.6. The largest absolute Gasteiger partial charge is 0.507 e. The summed E-state index contributed by atoms with van der Waals surface area (Å²) in [5.74, 6) is -1.26. The second-order valence-corrected chi connectivity index (χ2v) is 7.09. The molecule has 0 radical (unpaired) electrons. The lowest BCUT2D eigenvalue weighted by atomic mass is 9.95. The van der Waals surface area contributed by atoms with Gasteiger partial charge in [-0.2, -0.15) is 0 Å². The van der Waals surface area contributed by atoms with Gasteiger partial charge >= 0.3 is 0 Å². The zero-order valence-electron chi connectivity index (χ0n) is 16.9. The number of ketones is 1. The van der Waals surface area contributed by atoms with E-state index in [0.717, 1.165) is 6.07 Å². The molecular formula is C23H18N2O7. The topological polar surface area (TPSA) is 123 Å². The van der Waals surface area contributed by atoms with Crippen molar-refractivity contribution in [1.29, 1.82) is 0 Å². The van der Waals surface area contributed by atoms with Gasteiger partial charge in [0, 0.05) is 17.7 Å². The number of hydrogen-bond donors (Lipinski definition) is 1. The average molecular weight is 434 g/mol. The van der Waals surface area contributed by atoms with Gasteiger partial charge < -0.3 is 19.2 Å². The van der Waals surface area contributed by atoms with E-state index in [1.807, 2.05) is 0 Å². The lowest BCUT2D eigenvalue weighted by Crippen LogP contribution is -2.29. The van der Waals surface area contributed by atoms with Gasteiger partial charge in [-0.05, 0) is 29.8 Å². The number of methoxy groups -OCH3 is 1. The molecule has 9 nitrogen and oxygen atoms in total. The molecule has 32 heavy (non-hydrogen) atoms. The number of rotatable bonds is 6. The molecule has 0 bridgehead atoms. The summed E-state index contributed by atoms with van der Waals surface area (Å²) >= 11 is 0. The number of nitro groups is 1. The zero-order chi connectivity index (χ0) is 22.8. The number of likely N-dealkylation sites (tertiary alicyclic amines) is 1. The van der Waals surface area contributed by atoms with Crippen LogP contribution in [-0.2, 0) is 16.1 Å². The van der Waals surface area contributed by atoms with Crippen molar-refractivity contribution in [2.24, 2.45) is 0 Å². The molecule has 1 aromatic heterocycles. The highest BCUT2D eigenvalue weighted by molar-refractivity contribution is 6.46. The molecule has 0 aliphatic carbocycles. The van der Waals surface area contributed by atoms with Crippen LogP contribution in [0.1, 0.15) is 22.9 Å². The van der Waals surface area contributed by atoms with Crippen LogP contribution in [0.3, 0.4) is 0 Å². The van der Waals surface area contributed by atoms with E-state index in [4.69, 9.17) is 9.15 Å². The van der Waals surface area contributed by atoms with Crippen molar-refractivity contribution in [3.63, 3.8) is 0 Å². The average Bonchev–Trinajstić information content (AvgIpc) is 3.41. The molecule has 1 atom stereocenters. The number of non-ortho nitro benzene ring substituents is 1. The van der Waals surface area contributed by atoms with Gasteiger partial charge in [0.1, 0.15) is 17.3 Å². The molecule has 0 spiro atoms. The van der Waals surface area contributed by atoms with E-state index >= 15 is 0 Å². The number of furan rings is 1. The first-order valence-electron chi connectivity index (χ1n) is 9.60. The maximum absolute atomic E-state index is 13.0. The van der Waals surface area contributed by atoms with E-state index in [-0.39, 0.29) is 23.4 Å². The third kappa shape index (κ3) is 3.71. The number of ether oxygens (including phenoxy) is 1. The Morgan fingerprint density at radius 3 is 2.62 bits per heavy atom. The molecule has 162 valence electrons. The van der Waals surface area contributed by atoms with Crippen LogP contribution in [0.4, 0.5) is 5.69 Å². The summed E-state index contributed by atoms with van der Waals surface area (Å²) in [6.07, 6.45) is 1.45. The number of aliphatic hydroxyl groups excluding tert-OH is 1. The first-order valence-corrected chi connectivity index (χ1v) is 9.60. The minimum absolute atomic E-state index is 0.00876. The molecular weight excluding hydrogens is 416 g/mol. The second-order valence-electron chi connectivity index (χ2n) is 7.09. The third-order valence-corrected chi connectivity index (χ3v) is 5.19. The van der Waals surface area contributed by atoms with Crippen molar-refractivity contribution in [3.8, 4) is 5.75 Å². The van der Waals surface area contributed by atoms with Gasteiger partial charge in [-0.1, -0.05) is 24.3 Å². The standard InChI is InChI=1S/C23H18N2O7/c1-31-17-8-3-5-14(12-17)20-19(21(26)15-6-2-7-16(11-15)25(29)30)22(27)23(28)24(20)13-18-9-4-10-32-18/h2-12,20,26H,13H2,1H3/b21-19+. The molecule has 1 aliphatic heterocycles. The first kappa shape index (κ1) is 20.9. The molecule has 1 saturated heterocycles. The zero-order valence-corrected chi connectivity index (χ0v) is 16.9. The summed E-state index contributed by atoms with van der Waals surface area (Å²) in [5.41, 5.74) is 0.164. The highest BCUT2D eigenvalue weighted by Gasteiger charge is 2.46. The van der Waals surface area contributed by atoms with Crippen LogP contribution < -0.4 is 4.74 Å². The minimum Gasteiger partial charge on any atom is -0.507 e. The van der Waals surface area contributed by atoms with Crippen LogP contribution >= 0.6 is 0 Å². The van der Waals surface area contributed by atoms with Gasteiger partial charge in [0.15, 0.2) is 0 Å². The van der Waals surface area contributed by atoms with Gasteiger partial charge in [0.05, 0.1) is 36.5 Å². The maximum Gasteiger partial charge on any atom is 0.296 e. The van der Waals surface area contributed by atoms with Crippen molar-refractivity contribution in [1.82, 2.24) is 4.90 Å². The van der Waals surface area contributed by atoms with Gasteiger partial charge in [0.25, 0.3) is 17.4 Å². The van der Waals surface area contributed by atoms with Crippen LogP contribution in [0.5, 0.6) is 5.75 Å². The summed E-state index contributed by atoms with van der Waals surface area (Å²) in [7, 11) is 1.49. The van der Waals surface area contributed by atoms with Crippen molar-refractivity contribution < 1.29 is 28.8 Å². The summed E-state index contributed by atoms with van der Waals surface area (Å²) in [5, 5.41) is 22.2. The second kappa shape index (κ2) is 8.38. The number of hydrogen-bond acceptors (Lipinski definition) is 7. The molecule has 3 aromatic rings. The maximum atomic E-state index is 13.0. The highest BCUT2D eigenvalue weighted by atomic mass is 16.6. The van der Waals surface area contributed by atoms with Crippen LogP contribution in [-0.4, -0.2) is 33.7 Å². The number of Topliss-reactive ketones (excluding diaryl/α,β-unsaturated/α-hetero) is 1. The molecule has 1 unspecified atom stereocenters. The molecule has 0 saturated carbocycles. The SMILES string of the molecule is COc1cccc(C2/C(=C(\O)c3cccc([N+](=O)[O-])c3)C(=O)C(=O)N2Cc2ccco2)c1. The molecule has 1 N–H and O–H groups in total. The molecule has 1 aliphatic rings. The quantitative estimate of drug-likeness (QED) is 0.206.